The Kier molecular flexibility index (Phi) is 2.93. The highest BCUT2D eigenvalue weighted by molar-refractivity contribution is 5.80. The van der Waals surface area contributed by atoms with E-state index in [9.17, 15) is 4.79 Å². The maximum Gasteiger partial charge on any atom is 0.268 e. The van der Waals surface area contributed by atoms with Gasteiger partial charge in [0.05, 0.1) is 0 Å². The van der Waals surface area contributed by atoms with Crippen LogP contribution in [0.3, 0.4) is 0 Å². The number of pyridine rings is 1. The summed E-state index contributed by atoms with van der Waals surface area (Å²) >= 11 is 0. The Morgan fingerprint density at radius 1 is 1.20 bits per heavy atom. The van der Waals surface area contributed by atoms with Crippen LogP contribution in [0.4, 0.5) is 0 Å². The van der Waals surface area contributed by atoms with Crippen molar-refractivity contribution in [2.75, 3.05) is 0 Å². The lowest BCUT2D eigenvalue weighted by Gasteiger charge is -2.15. The van der Waals surface area contributed by atoms with Gasteiger partial charge in [-0.25, -0.2) is 0 Å². The highest BCUT2D eigenvalue weighted by atomic mass is 16.5. The summed E-state index contributed by atoms with van der Waals surface area (Å²) in [5.41, 5.74) is 2.35. The van der Waals surface area contributed by atoms with Crippen LogP contribution in [0, 0.1) is 6.92 Å². The van der Waals surface area contributed by atoms with E-state index < -0.39 is 0 Å². The summed E-state index contributed by atoms with van der Waals surface area (Å²) in [6.45, 7) is 5.89. The Morgan fingerprint density at radius 3 is 2.55 bits per heavy atom. The minimum absolute atomic E-state index is 0.0730. The van der Waals surface area contributed by atoms with Gasteiger partial charge in [0.15, 0.2) is 0 Å². The Bertz CT molecular complexity index is 814. The molecule has 3 rings (SSSR count). The van der Waals surface area contributed by atoms with Gasteiger partial charge in [0.1, 0.15) is 16.7 Å². The van der Waals surface area contributed by atoms with Gasteiger partial charge < -0.3 is 4.52 Å². The molecule has 0 amide bonds. The molecule has 2 aromatic heterocycles. The lowest BCUT2D eigenvalue weighted by molar-refractivity contribution is 0.405. The van der Waals surface area contributed by atoms with Gasteiger partial charge in [0.25, 0.3) is 5.56 Å². The van der Waals surface area contributed by atoms with Crippen LogP contribution in [0.1, 0.15) is 31.2 Å². The van der Waals surface area contributed by atoms with Crippen LogP contribution >= 0.6 is 0 Å². The van der Waals surface area contributed by atoms with Crippen LogP contribution in [0.2, 0.25) is 0 Å². The summed E-state index contributed by atoms with van der Waals surface area (Å²) < 4.78 is 6.91. The molecule has 1 aromatic carbocycles. The molecule has 0 radical (unpaired) electrons. The summed E-state index contributed by atoms with van der Waals surface area (Å²) in [6, 6.07) is 11.6. The summed E-state index contributed by atoms with van der Waals surface area (Å²) in [7, 11) is 0. The highest BCUT2D eigenvalue weighted by Crippen LogP contribution is 2.22. The summed E-state index contributed by atoms with van der Waals surface area (Å²) in [5, 5.41) is 4.52. The Morgan fingerprint density at radius 2 is 1.90 bits per heavy atom. The number of nitrogens with zero attached hydrogens (tertiary/aromatic N) is 2. The molecule has 4 heteroatoms. The fourth-order valence-corrected chi connectivity index (χ4v) is 2.45. The second kappa shape index (κ2) is 4.63. The molecule has 0 saturated heterocycles. The normalized spacial score (nSPS) is 11.4. The molecule has 0 fully saturated rings. The summed E-state index contributed by atoms with van der Waals surface area (Å²) in [5.74, 6) is 0.772. The third kappa shape index (κ3) is 1.84. The average molecular weight is 268 g/mol. The molecular weight excluding hydrogens is 252 g/mol. The van der Waals surface area contributed by atoms with E-state index in [-0.39, 0.29) is 11.5 Å². The average Bonchev–Trinajstić information content (AvgIpc) is 2.81. The lowest BCUT2D eigenvalue weighted by Crippen LogP contribution is -2.22. The molecule has 4 nitrogen and oxygen atoms in total. The van der Waals surface area contributed by atoms with Crippen LogP contribution in [0.5, 0.6) is 0 Å². The van der Waals surface area contributed by atoms with E-state index in [2.05, 4.69) is 19.0 Å². The number of aromatic nitrogens is 2. The van der Waals surface area contributed by atoms with Crippen LogP contribution in [0.25, 0.3) is 16.6 Å². The Labute approximate surface area is 116 Å². The summed E-state index contributed by atoms with van der Waals surface area (Å²) in [6.07, 6.45) is 0. The molecule has 0 aliphatic heterocycles. The van der Waals surface area contributed by atoms with Gasteiger partial charge in [-0.2, -0.15) is 0 Å². The first-order valence-electron chi connectivity index (χ1n) is 6.67. The zero-order valence-corrected chi connectivity index (χ0v) is 11.8. The van der Waals surface area contributed by atoms with Crippen molar-refractivity contribution in [2.24, 2.45) is 0 Å². The topological polar surface area (TPSA) is 48.0 Å². The van der Waals surface area contributed by atoms with E-state index in [1.54, 1.807) is 11.5 Å². The maximum atomic E-state index is 12.8. The largest absolute Gasteiger partial charge is 0.360 e. The molecule has 0 spiro atoms. The van der Waals surface area contributed by atoms with Gasteiger partial charge in [-0.05, 0) is 31.0 Å². The van der Waals surface area contributed by atoms with Crippen molar-refractivity contribution in [2.45, 2.75) is 26.7 Å². The van der Waals surface area contributed by atoms with Gasteiger partial charge in [-0.1, -0.05) is 37.2 Å². The first kappa shape index (κ1) is 12.7. The molecule has 20 heavy (non-hydrogen) atoms. The molecule has 0 bridgehead atoms. The third-order valence-corrected chi connectivity index (χ3v) is 3.45. The second-order valence-corrected chi connectivity index (χ2v) is 5.20. The smallest absolute Gasteiger partial charge is 0.268 e. The van der Waals surface area contributed by atoms with E-state index >= 15 is 0 Å². The first-order valence-corrected chi connectivity index (χ1v) is 6.67. The van der Waals surface area contributed by atoms with E-state index in [4.69, 9.17) is 4.52 Å². The maximum absolute atomic E-state index is 12.8. The molecule has 0 atom stereocenters. The van der Waals surface area contributed by atoms with Crippen LogP contribution < -0.4 is 5.56 Å². The van der Waals surface area contributed by atoms with Gasteiger partial charge in [-0.3, -0.25) is 9.36 Å². The van der Waals surface area contributed by atoms with Crippen molar-refractivity contribution in [3.8, 4) is 5.69 Å². The standard InChI is InChI=1S/C16H16N2O2/c1-10(2)14-9-13-15(11(3)20-17-13)16(19)18(14)12-7-5-4-6-8-12/h4-10H,1-3H3. The predicted octanol–water partition coefficient (Wildman–Crippen LogP) is 3.41. The molecule has 0 aliphatic rings. The fraction of sp³-hybridized carbons (Fsp3) is 0.250. The van der Waals surface area contributed by atoms with Crippen LogP contribution in [-0.4, -0.2) is 9.72 Å². The molecule has 3 aromatic rings. The molecule has 0 aliphatic carbocycles. The fourth-order valence-electron chi connectivity index (χ4n) is 2.45. The SMILES string of the molecule is Cc1onc2cc(C(C)C)n(-c3ccccc3)c(=O)c12. The lowest BCUT2D eigenvalue weighted by atomic mass is 10.1. The minimum Gasteiger partial charge on any atom is -0.360 e. The molecular formula is C16H16N2O2. The predicted molar refractivity (Wildman–Crippen MR) is 78.4 cm³/mol. The van der Waals surface area contributed by atoms with E-state index in [1.165, 1.54) is 0 Å². The zero-order chi connectivity index (χ0) is 14.3. The van der Waals surface area contributed by atoms with E-state index in [0.29, 0.717) is 16.7 Å². The second-order valence-electron chi connectivity index (χ2n) is 5.20. The molecule has 2 heterocycles. The number of rotatable bonds is 2. The van der Waals surface area contributed by atoms with Gasteiger partial charge in [0.2, 0.25) is 0 Å². The molecule has 0 saturated carbocycles. The number of aryl methyl sites for hydroxylation is 1. The van der Waals surface area contributed by atoms with Crippen molar-refractivity contribution < 1.29 is 4.52 Å². The van der Waals surface area contributed by atoms with Crippen molar-refractivity contribution in [3.05, 3.63) is 58.2 Å². The zero-order valence-electron chi connectivity index (χ0n) is 11.8. The quantitative estimate of drug-likeness (QED) is 0.715. The Balaban J connectivity index is 2.45. The summed E-state index contributed by atoms with van der Waals surface area (Å²) in [4.78, 5) is 12.8. The monoisotopic (exact) mass is 268 g/mol. The van der Waals surface area contributed by atoms with Gasteiger partial charge in [-0.15, -0.1) is 0 Å². The number of para-hydroxylation sites is 1. The van der Waals surface area contributed by atoms with E-state index in [1.807, 2.05) is 36.4 Å². The van der Waals surface area contributed by atoms with Crippen molar-refractivity contribution in [1.82, 2.24) is 9.72 Å². The number of fused-ring (bicyclic) bond motifs is 1. The molecule has 0 unspecified atom stereocenters. The van der Waals surface area contributed by atoms with E-state index in [0.717, 1.165) is 11.4 Å². The van der Waals surface area contributed by atoms with Crippen molar-refractivity contribution >= 4 is 10.9 Å². The van der Waals surface area contributed by atoms with Crippen LogP contribution in [-0.2, 0) is 0 Å². The first-order chi connectivity index (χ1) is 9.59. The highest BCUT2D eigenvalue weighted by Gasteiger charge is 2.17. The molecule has 102 valence electrons. The van der Waals surface area contributed by atoms with Gasteiger partial charge >= 0.3 is 0 Å². The number of hydrogen-bond acceptors (Lipinski definition) is 3. The van der Waals surface area contributed by atoms with Crippen molar-refractivity contribution in [3.63, 3.8) is 0 Å². The Hall–Kier alpha value is -2.36. The number of benzene rings is 1. The van der Waals surface area contributed by atoms with Crippen LogP contribution in [0.15, 0.2) is 45.7 Å². The number of hydrogen-bond donors (Lipinski definition) is 0. The third-order valence-electron chi connectivity index (χ3n) is 3.45. The molecule has 0 N–H and O–H groups in total. The minimum atomic E-state index is -0.0730. The van der Waals surface area contributed by atoms with Gasteiger partial charge in [0, 0.05) is 11.4 Å². The van der Waals surface area contributed by atoms with Crippen molar-refractivity contribution in [1.29, 1.82) is 0 Å².